The van der Waals surface area contributed by atoms with Gasteiger partial charge in [-0.25, -0.2) is 13.2 Å². The van der Waals surface area contributed by atoms with E-state index in [1.54, 1.807) is 18.2 Å². The fraction of sp³-hybridized carbons (Fsp3) is 0.214. The Kier molecular flexibility index (Phi) is 7.15. The van der Waals surface area contributed by atoms with Crippen molar-refractivity contribution in [2.75, 3.05) is 0 Å². The molecule has 4 aromatic carbocycles. The summed E-state index contributed by atoms with van der Waals surface area (Å²) in [5.74, 6) is -2.78. The van der Waals surface area contributed by atoms with Crippen LogP contribution in [0.1, 0.15) is 31.7 Å². The topological polar surface area (TPSA) is 9.23 Å². The molecule has 4 rings (SSSR count). The molecule has 0 radical (unpaired) electrons. The first-order chi connectivity index (χ1) is 16.4. The zero-order chi connectivity index (χ0) is 24.2. The Morgan fingerprint density at radius 3 is 2.15 bits per heavy atom. The van der Waals surface area contributed by atoms with Crippen LogP contribution in [0.5, 0.6) is 5.75 Å². The zero-order valence-electron chi connectivity index (χ0n) is 18.6. The third-order valence-corrected chi connectivity index (χ3v) is 5.83. The molecule has 34 heavy (non-hydrogen) atoms. The molecule has 0 aromatic heterocycles. The van der Waals surface area contributed by atoms with Crippen molar-refractivity contribution in [3.8, 4) is 28.0 Å². The number of fused-ring (bicyclic) bond motifs is 1. The summed E-state index contributed by atoms with van der Waals surface area (Å²) in [7, 11) is 0. The number of aryl methyl sites for hydroxylation is 1. The van der Waals surface area contributed by atoms with E-state index in [1.807, 2.05) is 18.2 Å². The van der Waals surface area contributed by atoms with Crippen LogP contribution in [0.4, 0.5) is 22.0 Å². The molecule has 0 atom stereocenters. The van der Waals surface area contributed by atoms with Gasteiger partial charge in [-0.2, -0.15) is 8.78 Å². The van der Waals surface area contributed by atoms with Crippen molar-refractivity contribution in [1.82, 2.24) is 0 Å². The van der Waals surface area contributed by atoms with Crippen molar-refractivity contribution in [3.05, 3.63) is 89.7 Å². The number of unbranched alkanes of at least 4 members (excludes halogenated alkanes) is 2. The fourth-order valence-corrected chi connectivity index (χ4v) is 4.08. The molecule has 0 fully saturated rings. The summed E-state index contributed by atoms with van der Waals surface area (Å²) in [4.78, 5) is 0. The first kappa shape index (κ1) is 23.7. The highest BCUT2D eigenvalue weighted by molar-refractivity contribution is 5.89. The maximum atomic E-state index is 15.3. The van der Waals surface area contributed by atoms with E-state index in [9.17, 15) is 17.6 Å². The van der Waals surface area contributed by atoms with Crippen LogP contribution >= 0.6 is 0 Å². The van der Waals surface area contributed by atoms with Gasteiger partial charge in [0.05, 0.1) is 0 Å². The van der Waals surface area contributed by atoms with E-state index in [1.165, 1.54) is 18.2 Å². The van der Waals surface area contributed by atoms with E-state index in [0.717, 1.165) is 48.8 Å². The molecule has 1 nitrogen and oxygen atoms in total. The van der Waals surface area contributed by atoms with Gasteiger partial charge in [0, 0.05) is 16.5 Å². The first-order valence-corrected chi connectivity index (χ1v) is 11.1. The Morgan fingerprint density at radius 1 is 0.735 bits per heavy atom. The summed E-state index contributed by atoms with van der Waals surface area (Å²) in [5.41, 5.74) is 1.96. The number of ether oxygens (including phenoxy) is 1. The highest BCUT2D eigenvalue weighted by Crippen LogP contribution is 2.34. The Bertz CT molecular complexity index is 1320. The average Bonchev–Trinajstić information content (AvgIpc) is 2.80. The van der Waals surface area contributed by atoms with Crippen LogP contribution in [0.3, 0.4) is 0 Å². The smallest absolute Gasteiger partial charge is 0.387 e. The maximum absolute atomic E-state index is 15.3. The maximum Gasteiger partial charge on any atom is 0.387 e. The number of hydrogen-bond acceptors (Lipinski definition) is 1. The van der Waals surface area contributed by atoms with Crippen molar-refractivity contribution >= 4 is 10.8 Å². The van der Waals surface area contributed by atoms with Gasteiger partial charge in [-0.1, -0.05) is 68.3 Å². The lowest BCUT2D eigenvalue weighted by Crippen LogP contribution is -2.03. The Morgan fingerprint density at radius 2 is 1.44 bits per heavy atom. The largest absolute Gasteiger partial charge is 0.432 e. The minimum atomic E-state index is -3.17. The van der Waals surface area contributed by atoms with E-state index >= 15 is 4.39 Å². The van der Waals surface area contributed by atoms with Gasteiger partial charge in [0.1, 0.15) is 11.6 Å². The third-order valence-electron chi connectivity index (χ3n) is 5.83. The molecule has 0 unspecified atom stereocenters. The lowest BCUT2D eigenvalue weighted by Gasteiger charge is -2.11. The molecule has 0 amide bonds. The molecular formula is C28H23F5O. The van der Waals surface area contributed by atoms with Crippen LogP contribution < -0.4 is 4.74 Å². The SMILES string of the molecule is CCCCCc1ccc2c(F)c(-c3ccc(-c4ccc(OC(F)F)c(F)c4)c(F)c3)ccc2c1. The molecule has 0 saturated carbocycles. The highest BCUT2D eigenvalue weighted by atomic mass is 19.3. The molecule has 6 heteroatoms. The van der Waals surface area contributed by atoms with E-state index in [2.05, 4.69) is 11.7 Å². The Hall–Kier alpha value is -3.41. The number of hydrogen-bond donors (Lipinski definition) is 0. The van der Waals surface area contributed by atoms with E-state index < -0.39 is 29.8 Å². The van der Waals surface area contributed by atoms with Crippen molar-refractivity contribution in [3.63, 3.8) is 0 Å². The van der Waals surface area contributed by atoms with Gasteiger partial charge in [0.25, 0.3) is 0 Å². The number of rotatable bonds is 8. The van der Waals surface area contributed by atoms with Gasteiger partial charge >= 0.3 is 6.61 Å². The predicted molar refractivity (Wildman–Crippen MR) is 125 cm³/mol. The molecule has 0 spiro atoms. The summed E-state index contributed by atoms with van der Waals surface area (Å²) in [5, 5.41) is 1.24. The van der Waals surface area contributed by atoms with E-state index in [4.69, 9.17) is 0 Å². The number of benzene rings is 4. The van der Waals surface area contributed by atoms with Crippen LogP contribution in [0.15, 0.2) is 66.7 Å². The molecule has 0 aliphatic carbocycles. The van der Waals surface area contributed by atoms with Crippen molar-refractivity contribution < 1.29 is 26.7 Å². The second-order valence-electron chi connectivity index (χ2n) is 8.16. The Labute approximate surface area is 194 Å². The normalized spacial score (nSPS) is 11.4. The molecule has 0 N–H and O–H groups in total. The minimum absolute atomic E-state index is 0.0594. The molecular weight excluding hydrogens is 447 g/mol. The summed E-state index contributed by atoms with van der Waals surface area (Å²) in [6.07, 6.45) is 4.30. The quantitative estimate of drug-likeness (QED) is 0.184. The van der Waals surface area contributed by atoms with Crippen LogP contribution in [-0.2, 0) is 6.42 Å². The zero-order valence-corrected chi connectivity index (χ0v) is 18.6. The predicted octanol–water partition coefficient (Wildman–Crippen LogP) is 8.93. The fourth-order valence-electron chi connectivity index (χ4n) is 4.08. The molecule has 0 aliphatic rings. The summed E-state index contributed by atoms with van der Waals surface area (Å²) in [6, 6.07) is 16.5. The van der Waals surface area contributed by atoms with Crippen LogP contribution in [0, 0.1) is 17.5 Å². The second-order valence-corrected chi connectivity index (χ2v) is 8.16. The van der Waals surface area contributed by atoms with Crippen LogP contribution in [0.2, 0.25) is 0 Å². The van der Waals surface area contributed by atoms with Gasteiger partial charge in [0.15, 0.2) is 11.6 Å². The van der Waals surface area contributed by atoms with E-state index in [-0.39, 0.29) is 16.7 Å². The minimum Gasteiger partial charge on any atom is -0.432 e. The van der Waals surface area contributed by atoms with Crippen LogP contribution in [0.25, 0.3) is 33.0 Å². The van der Waals surface area contributed by atoms with Crippen LogP contribution in [-0.4, -0.2) is 6.61 Å². The monoisotopic (exact) mass is 470 g/mol. The van der Waals surface area contributed by atoms with E-state index in [0.29, 0.717) is 10.9 Å². The lowest BCUT2D eigenvalue weighted by atomic mass is 9.96. The van der Waals surface area contributed by atoms with Gasteiger partial charge in [-0.05, 0) is 53.1 Å². The highest BCUT2D eigenvalue weighted by Gasteiger charge is 2.15. The molecule has 4 aromatic rings. The molecule has 0 saturated heterocycles. The van der Waals surface area contributed by atoms with Gasteiger partial charge in [-0.3, -0.25) is 0 Å². The van der Waals surface area contributed by atoms with Crippen molar-refractivity contribution in [1.29, 1.82) is 0 Å². The molecule has 176 valence electrons. The second kappa shape index (κ2) is 10.2. The van der Waals surface area contributed by atoms with Gasteiger partial charge in [-0.15, -0.1) is 0 Å². The van der Waals surface area contributed by atoms with Crippen molar-refractivity contribution in [2.24, 2.45) is 0 Å². The first-order valence-electron chi connectivity index (χ1n) is 11.1. The number of alkyl halides is 2. The number of halogens is 5. The van der Waals surface area contributed by atoms with Gasteiger partial charge in [0.2, 0.25) is 0 Å². The van der Waals surface area contributed by atoms with Gasteiger partial charge < -0.3 is 4.74 Å². The Balaban J connectivity index is 1.63. The summed E-state index contributed by atoms with van der Waals surface area (Å²) >= 11 is 0. The molecule has 0 bridgehead atoms. The molecule has 0 heterocycles. The lowest BCUT2D eigenvalue weighted by molar-refractivity contribution is -0.0521. The van der Waals surface area contributed by atoms with Crippen molar-refractivity contribution in [2.45, 2.75) is 39.2 Å². The summed E-state index contributed by atoms with van der Waals surface area (Å²) < 4.78 is 73.0. The third kappa shape index (κ3) is 5.06. The molecule has 0 aliphatic heterocycles. The summed E-state index contributed by atoms with van der Waals surface area (Å²) in [6.45, 7) is -1.02. The average molecular weight is 470 g/mol. The standard InChI is InChI=1S/C28H23F5O/c1-2-3-4-5-17-6-10-22-18(14-17)8-12-23(27(22)31)20-7-11-21(24(29)15-20)19-9-13-26(25(30)16-19)34-28(32)33/h6-16,28H,2-5H2,1H3.